The number of amides is 1. The second-order valence-corrected chi connectivity index (χ2v) is 5.26. The van der Waals surface area contributed by atoms with E-state index in [-0.39, 0.29) is 12.5 Å². The number of carbonyl (C=O) groups excluding carboxylic acids is 1. The molecule has 1 N–H and O–H groups in total. The van der Waals surface area contributed by atoms with Gasteiger partial charge in [0.25, 0.3) is 5.91 Å². The summed E-state index contributed by atoms with van der Waals surface area (Å²) < 4.78 is 6.91. The van der Waals surface area contributed by atoms with E-state index in [1.807, 2.05) is 12.1 Å². The molecule has 0 unspecified atom stereocenters. The van der Waals surface area contributed by atoms with Crippen LogP contribution in [0.1, 0.15) is 5.56 Å². The Hall–Kier alpha value is -3.26. The number of nitrogens with one attached hydrogen (secondary N) is 1. The van der Waals surface area contributed by atoms with Crippen LogP contribution in [0.5, 0.6) is 5.75 Å². The maximum Gasteiger partial charge on any atom is 0.277 e. The predicted molar refractivity (Wildman–Crippen MR) is 91.8 cm³/mol. The third-order valence-electron chi connectivity index (χ3n) is 3.12. The number of ether oxygens (including phenoxy) is 1. The first kappa shape index (κ1) is 16.6. The highest BCUT2D eigenvalue weighted by Crippen LogP contribution is 2.14. The normalized spacial score (nSPS) is 10.8. The summed E-state index contributed by atoms with van der Waals surface area (Å²) in [5.41, 5.74) is 3.87. The summed E-state index contributed by atoms with van der Waals surface area (Å²) in [5.74, 6) is 0.162. The van der Waals surface area contributed by atoms with Gasteiger partial charge in [-0.2, -0.15) is 5.10 Å². The molecule has 0 aliphatic carbocycles. The molecule has 1 amide bonds. The fourth-order valence-electron chi connectivity index (χ4n) is 1.91. The summed E-state index contributed by atoms with van der Waals surface area (Å²) in [7, 11) is 0. The van der Waals surface area contributed by atoms with Gasteiger partial charge in [-0.1, -0.05) is 29.8 Å². The first-order valence-electron chi connectivity index (χ1n) is 7.25. The van der Waals surface area contributed by atoms with Crippen LogP contribution < -0.4 is 10.2 Å². The molecule has 1 heterocycles. The Balaban J connectivity index is 1.48. The third kappa shape index (κ3) is 4.61. The predicted octanol–water partition coefficient (Wildman–Crippen LogP) is 1.84. The molecule has 0 saturated heterocycles. The third-order valence-corrected chi connectivity index (χ3v) is 3.46. The molecule has 0 radical (unpaired) electrons. The van der Waals surface area contributed by atoms with Gasteiger partial charge in [0.2, 0.25) is 0 Å². The van der Waals surface area contributed by atoms with Crippen molar-refractivity contribution in [1.82, 2.24) is 25.6 Å². The SMILES string of the molecule is O=C(COc1ccc(-n2cnnn2)cc1)N/N=C\c1ccccc1Cl. The van der Waals surface area contributed by atoms with Crippen LogP contribution in [-0.4, -0.2) is 38.9 Å². The fraction of sp³-hybridized carbons (Fsp3) is 0.0625. The summed E-state index contributed by atoms with van der Waals surface area (Å²) in [6, 6.07) is 14.2. The Morgan fingerprint density at radius 1 is 1.24 bits per heavy atom. The van der Waals surface area contributed by atoms with Gasteiger partial charge in [0.1, 0.15) is 12.1 Å². The number of hydrogen-bond acceptors (Lipinski definition) is 6. The summed E-state index contributed by atoms with van der Waals surface area (Å²) in [5, 5.41) is 15.3. The minimum absolute atomic E-state index is 0.163. The van der Waals surface area contributed by atoms with Gasteiger partial charge in [-0.05, 0) is 40.8 Å². The van der Waals surface area contributed by atoms with Crippen molar-refractivity contribution in [3.8, 4) is 11.4 Å². The number of nitrogens with zero attached hydrogens (tertiary/aromatic N) is 5. The molecule has 0 aliphatic rings. The van der Waals surface area contributed by atoms with Crippen LogP contribution >= 0.6 is 11.6 Å². The Morgan fingerprint density at radius 2 is 2.04 bits per heavy atom. The van der Waals surface area contributed by atoms with Gasteiger partial charge >= 0.3 is 0 Å². The second kappa shape index (κ2) is 8.02. The van der Waals surface area contributed by atoms with Gasteiger partial charge in [0.05, 0.1) is 11.9 Å². The van der Waals surface area contributed by atoms with Crippen LogP contribution in [0, 0.1) is 0 Å². The summed E-state index contributed by atoms with van der Waals surface area (Å²) in [6.07, 6.45) is 2.96. The Morgan fingerprint density at radius 3 is 2.76 bits per heavy atom. The van der Waals surface area contributed by atoms with Crippen LogP contribution in [0.15, 0.2) is 60.0 Å². The molecular weight excluding hydrogens is 344 g/mol. The zero-order chi connectivity index (χ0) is 17.5. The Kier molecular flexibility index (Phi) is 5.32. The average molecular weight is 357 g/mol. The summed E-state index contributed by atoms with van der Waals surface area (Å²) >= 11 is 5.99. The van der Waals surface area contributed by atoms with Crippen molar-refractivity contribution in [3.05, 3.63) is 65.4 Å². The Bertz CT molecular complexity index is 865. The highest BCUT2D eigenvalue weighted by Gasteiger charge is 2.03. The van der Waals surface area contributed by atoms with E-state index in [1.165, 1.54) is 17.2 Å². The molecule has 0 fully saturated rings. The molecule has 126 valence electrons. The van der Waals surface area contributed by atoms with Gasteiger partial charge in [-0.3, -0.25) is 4.79 Å². The first-order chi connectivity index (χ1) is 12.2. The van der Waals surface area contributed by atoms with Crippen molar-refractivity contribution < 1.29 is 9.53 Å². The molecule has 2 aromatic carbocycles. The van der Waals surface area contributed by atoms with Crippen LogP contribution in [0.3, 0.4) is 0 Å². The lowest BCUT2D eigenvalue weighted by Crippen LogP contribution is -2.24. The molecule has 0 aliphatic heterocycles. The molecule has 0 atom stereocenters. The standard InChI is InChI=1S/C16H13ClN6O2/c17-15-4-2-1-3-12(15)9-18-20-16(24)10-25-14-7-5-13(6-8-14)23-11-19-21-22-23/h1-9,11H,10H2,(H,20,24)/b18-9-. The molecule has 0 spiro atoms. The number of tetrazole rings is 1. The number of hydrogen-bond donors (Lipinski definition) is 1. The van der Waals surface area contributed by atoms with E-state index >= 15 is 0 Å². The monoisotopic (exact) mass is 356 g/mol. The zero-order valence-corrected chi connectivity index (χ0v) is 13.7. The van der Waals surface area contributed by atoms with Crippen molar-refractivity contribution in [2.24, 2.45) is 5.10 Å². The molecule has 0 bridgehead atoms. The van der Waals surface area contributed by atoms with Crippen molar-refractivity contribution in [2.45, 2.75) is 0 Å². The highest BCUT2D eigenvalue weighted by atomic mass is 35.5. The molecule has 0 saturated carbocycles. The van der Waals surface area contributed by atoms with E-state index in [4.69, 9.17) is 16.3 Å². The zero-order valence-electron chi connectivity index (χ0n) is 12.9. The molecule has 25 heavy (non-hydrogen) atoms. The van der Waals surface area contributed by atoms with Gasteiger partial charge in [-0.25, -0.2) is 10.1 Å². The van der Waals surface area contributed by atoms with E-state index in [9.17, 15) is 4.79 Å². The van der Waals surface area contributed by atoms with Crippen LogP contribution in [0.4, 0.5) is 0 Å². The minimum atomic E-state index is -0.382. The quantitative estimate of drug-likeness (QED) is 0.537. The number of aromatic nitrogens is 4. The van der Waals surface area contributed by atoms with E-state index in [2.05, 4.69) is 26.1 Å². The number of hydrazone groups is 1. The number of halogens is 1. The molecule has 3 aromatic rings. The largest absolute Gasteiger partial charge is 0.484 e. The molecule has 8 nitrogen and oxygen atoms in total. The molecule has 9 heteroatoms. The smallest absolute Gasteiger partial charge is 0.277 e. The van der Waals surface area contributed by atoms with Crippen molar-refractivity contribution in [2.75, 3.05) is 6.61 Å². The number of carbonyl (C=O) groups is 1. The molecular formula is C16H13ClN6O2. The van der Waals surface area contributed by atoms with Gasteiger partial charge in [-0.15, -0.1) is 5.10 Å². The first-order valence-corrected chi connectivity index (χ1v) is 7.63. The summed E-state index contributed by atoms with van der Waals surface area (Å²) in [4.78, 5) is 11.7. The van der Waals surface area contributed by atoms with Crippen molar-refractivity contribution >= 4 is 23.7 Å². The van der Waals surface area contributed by atoms with E-state index in [0.717, 1.165) is 5.69 Å². The van der Waals surface area contributed by atoms with E-state index < -0.39 is 0 Å². The van der Waals surface area contributed by atoms with Crippen LogP contribution in [0.25, 0.3) is 5.69 Å². The Labute approximate surface area is 148 Å². The lowest BCUT2D eigenvalue weighted by Gasteiger charge is -2.06. The molecule has 1 aromatic heterocycles. The van der Waals surface area contributed by atoms with Gasteiger partial charge in [0, 0.05) is 10.6 Å². The lowest BCUT2D eigenvalue weighted by molar-refractivity contribution is -0.123. The lowest BCUT2D eigenvalue weighted by atomic mass is 10.2. The fourth-order valence-corrected chi connectivity index (χ4v) is 2.09. The number of benzene rings is 2. The van der Waals surface area contributed by atoms with E-state index in [1.54, 1.807) is 36.4 Å². The number of rotatable bonds is 6. The van der Waals surface area contributed by atoms with Crippen molar-refractivity contribution in [1.29, 1.82) is 0 Å². The van der Waals surface area contributed by atoms with Gasteiger partial charge < -0.3 is 4.74 Å². The van der Waals surface area contributed by atoms with E-state index in [0.29, 0.717) is 16.3 Å². The van der Waals surface area contributed by atoms with Crippen LogP contribution in [0.2, 0.25) is 5.02 Å². The minimum Gasteiger partial charge on any atom is -0.484 e. The summed E-state index contributed by atoms with van der Waals surface area (Å²) in [6.45, 7) is -0.163. The second-order valence-electron chi connectivity index (χ2n) is 4.85. The molecule has 3 rings (SSSR count). The maximum absolute atomic E-state index is 11.7. The van der Waals surface area contributed by atoms with Gasteiger partial charge in [0.15, 0.2) is 6.61 Å². The van der Waals surface area contributed by atoms with Crippen LogP contribution in [-0.2, 0) is 4.79 Å². The topological polar surface area (TPSA) is 94.3 Å². The average Bonchev–Trinajstić information content (AvgIpc) is 3.17. The maximum atomic E-state index is 11.7. The van der Waals surface area contributed by atoms with Crippen molar-refractivity contribution in [3.63, 3.8) is 0 Å². The highest BCUT2D eigenvalue weighted by molar-refractivity contribution is 6.33.